The second kappa shape index (κ2) is 10.6. The summed E-state index contributed by atoms with van der Waals surface area (Å²) in [6, 6.07) is 19.1. The maximum absolute atomic E-state index is 11.0. The van der Waals surface area contributed by atoms with Crippen molar-refractivity contribution >= 4 is 0 Å². The fourth-order valence-corrected chi connectivity index (χ4v) is 6.05. The van der Waals surface area contributed by atoms with E-state index in [2.05, 4.69) is 65.3 Å². The lowest BCUT2D eigenvalue weighted by Crippen LogP contribution is -2.37. The number of ether oxygens (including phenoxy) is 2. The zero-order valence-electron chi connectivity index (χ0n) is 21.7. The summed E-state index contributed by atoms with van der Waals surface area (Å²) in [7, 11) is 1.70. The van der Waals surface area contributed by atoms with Gasteiger partial charge in [-0.3, -0.25) is 9.88 Å². The zero-order valence-corrected chi connectivity index (χ0v) is 21.7. The molecule has 36 heavy (non-hydrogen) atoms. The van der Waals surface area contributed by atoms with E-state index >= 15 is 0 Å². The Kier molecular flexibility index (Phi) is 7.31. The highest BCUT2D eigenvalue weighted by molar-refractivity contribution is 5.71. The number of pyridine rings is 1. The van der Waals surface area contributed by atoms with Crippen LogP contribution in [0.3, 0.4) is 0 Å². The molecule has 0 radical (unpaired) electrons. The molecule has 0 unspecified atom stereocenters. The van der Waals surface area contributed by atoms with Gasteiger partial charge in [0.2, 0.25) is 0 Å². The van der Waals surface area contributed by atoms with Crippen molar-refractivity contribution in [1.29, 1.82) is 0 Å². The van der Waals surface area contributed by atoms with Crippen molar-refractivity contribution < 1.29 is 14.6 Å². The predicted molar refractivity (Wildman–Crippen MR) is 143 cm³/mol. The van der Waals surface area contributed by atoms with E-state index in [-0.39, 0.29) is 17.4 Å². The molecule has 1 aromatic heterocycles. The van der Waals surface area contributed by atoms with Crippen molar-refractivity contribution in [2.45, 2.75) is 64.2 Å². The summed E-state index contributed by atoms with van der Waals surface area (Å²) in [5, 5.41) is 11.0. The summed E-state index contributed by atoms with van der Waals surface area (Å²) in [5.74, 6) is 1.79. The van der Waals surface area contributed by atoms with Gasteiger partial charge in [-0.1, -0.05) is 37.3 Å². The summed E-state index contributed by atoms with van der Waals surface area (Å²) < 4.78 is 12.1. The van der Waals surface area contributed by atoms with Crippen molar-refractivity contribution in [3.63, 3.8) is 0 Å². The Hall–Kier alpha value is -2.89. The molecule has 0 bridgehead atoms. The van der Waals surface area contributed by atoms with Crippen LogP contribution >= 0.6 is 0 Å². The topological polar surface area (TPSA) is 54.8 Å². The number of methoxy groups -OCH3 is 1. The van der Waals surface area contributed by atoms with Crippen LogP contribution in [-0.4, -0.2) is 47.4 Å². The van der Waals surface area contributed by atoms with Gasteiger partial charge in [-0.25, -0.2) is 0 Å². The van der Waals surface area contributed by atoms with Crippen LogP contribution in [0.1, 0.15) is 56.6 Å². The summed E-state index contributed by atoms with van der Waals surface area (Å²) in [5.41, 5.74) is 4.57. The van der Waals surface area contributed by atoms with E-state index in [1.165, 1.54) is 29.5 Å². The molecule has 0 amide bonds. The van der Waals surface area contributed by atoms with Crippen LogP contribution in [0.2, 0.25) is 0 Å². The molecule has 3 atom stereocenters. The number of nitrogens with zero attached hydrogens (tertiary/aromatic N) is 2. The molecule has 0 spiro atoms. The second-order valence-corrected chi connectivity index (χ2v) is 10.7. The van der Waals surface area contributed by atoms with Crippen LogP contribution in [0.5, 0.6) is 11.5 Å². The molecule has 2 aromatic carbocycles. The lowest BCUT2D eigenvalue weighted by molar-refractivity contribution is 0.0476. The smallest absolute Gasteiger partial charge is 0.162 e. The molecular weight excluding hydrogens is 448 g/mol. The largest absolute Gasteiger partial charge is 0.493 e. The second-order valence-electron chi connectivity index (χ2n) is 10.7. The van der Waals surface area contributed by atoms with Crippen LogP contribution in [0.25, 0.3) is 11.1 Å². The van der Waals surface area contributed by atoms with Gasteiger partial charge in [0.15, 0.2) is 11.5 Å². The third kappa shape index (κ3) is 5.00. The molecule has 2 fully saturated rings. The molecular formula is C31H38N2O3. The molecule has 1 N–H and O–H groups in total. The Morgan fingerprint density at radius 3 is 2.53 bits per heavy atom. The number of hydrogen-bond donors (Lipinski definition) is 1. The number of aliphatic hydroxyl groups excluding tert-OH is 1. The third-order valence-electron chi connectivity index (χ3n) is 8.32. The maximum Gasteiger partial charge on any atom is 0.162 e. The first-order valence-electron chi connectivity index (χ1n) is 13.2. The van der Waals surface area contributed by atoms with Crippen LogP contribution in [0.15, 0.2) is 67.0 Å². The van der Waals surface area contributed by atoms with Crippen LogP contribution in [0, 0.1) is 5.41 Å². The summed E-state index contributed by atoms with van der Waals surface area (Å²) >= 11 is 0. The number of aliphatic hydroxyl groups is 1. The van der Waals surface area contributed by atoms with Gasteiger partial charge in [-0.05, 0) is 79.1 Å². The first-order chi connectivity index (χ1) is 17.5. The molecule has 1 saturated carbocycles. The zero-order chi connectivity index (χ0) is 25.1. The third-order valence-corrected chi connectivity index (χ3v) is 8.32. The molecule has 2 heterocycles. The van der Waals surface area contributed by atoms with Gasteiger partial charge in [0, 0.05) is 43.4 Å². The van der Waals surface area contributed by atoms with E-state index in [4.69, 9.17) is 9.47 Å². The van der Waals surface area contributed by atoms with E-state index in [9.17, 15) is 5.11 Å². The maximum atomic E-state index is 11.0. The molecule has 1 saturated heterocycles. The SMILES string of the molecule is COc1ccc(-c2ccccc2[C@@H]2CN(Cc3ccncc3)C[C@@]2(C)[C@@H](C)O)cc1OC1CCCC1. The fourth-order valence-electron chi connectivity index (χ4n) is 6.05. The Labute approximate surface area is 215 Å². The lowest BCUT2D eigenvalue weighted by atomic mass is 9.71. The lowest BCUT2D eigenvalue weighted by Gasteiger charge is -2.35. The molecule has 1 aliphatic carbocycles. The van der Waals surface area contributed by atoms with Gasteiger partial charge in [0.1, 0.15) is 0 Å². The van der Waals surface area contributed by atoms with Crippen LogP contribution in [0.4, 0.5) is 0 Å². The highest BCUT2D eigenvalue weighted by Crippen LogP contribution is 2.48. The number of benzene rings is 2. The van der Waals surface area contributed by atoms with Crippen molar-refractivity contribution in [3.8, 4) is 22.6 Å². The normalized spacial score (nSPS) is 23.6. The van der Waals surface area contributed by atoms with Gasteiger partial charge in [-0.15, -0.1) is 0 Å². The Bertz CT molecular complexity index is 1160. The molecule has 2 aliphatic rings. The highest BCUT2D eigenvalue weighted by atomic mass is 16.5. The first-order valence-corrected chi connectivity index (χ1v) is 13.2. The molecule has 5 heteroatoms. The molecule has 3 aromatic rings. The highest BCUT2D eigenvalue weighted by Gasteiger charge is 2.47. The monoisotopic (exact) mass is 486 g/mol. The molecule has 190 valence electrons. The first kappa shape index (κ1) is 24.8. The van der Waals surface area contributed by atoms with E-state index in [0.717, 1.165) is 49.5 Å². The van der Waals surface area contributed by atoms with E-state index < -0.39 is 6.10 Å². The molecule has 5 nitrogen and oxygen atoms in total. The van der Waals surface area contributed by atoms with Crippen molar-refractivity contribution in [3.05, 3.63) is 78.1 Å². The standard InChI is InChI=1S/C31H38N2O3/c1-22(34)31(2)21-33(19-23-14-16-32-17-15-23)20-28(31)27-11-7-6-10-26(27)24-12-13-29(35-3)30(18-24)36-25-8-4-5-9-25/h6-7,10-18,22,25,28,34H,4-5,8-9,19-21H2,1-3H3/t22-,28+,31+/m1/s1. The minimum Gasteiger partial charge on any atom is -0.493 e. The van der Waals surface area contributed by atoms with Crippen molar-refractivity contribution in [1.82, 2.24) is 9.88 Å². The van der Waals surface area contributed by atoms with E-state index in [1.807, 2.05) is 25.4 Å². The average molecular weight is 487 g/mol. The minimum atomic E-state index is -0.435. The number of likely N-dealkylation sites (tertiary alicyclic amines) is 1. The fraction of sp³-hybridized carbons (Fsp3) is 0.452. The number of rotatable bonds is 8. The Morgan fingerprint density at radius 2 is 1.81 bits per heavy atom. The van der Waals surface area contributed by atoms with Crippen molar-refractivity contribution in [2.75, 3.05) is 20.2 Å². The quantitative estimate of drug-likeness (QED) is 0.419. The molecule has 1 aliphatic heterocycles. The average Bonchev–Trinajstić information content (AvgIpc) is 3.52. The van der Waals surface area contributed by atoms with Gasteiger partial charge >= 0.3 is 0 Å². The van der Waals surface area contributed by atoms with Crippen LogP contribution < -0.4 is 9.47 Å². The Balaban J connectivity index is 1.49. The number of hydrogen-bond acceptors (Lipinski definition) is 5. The van der Waals surface area contributed by atoms with E-state index in [1.54, 1.807) is 7.11 Å². The summed E-state index contributed by atoms with van der Waals surface area (Å²) in [6.45, 7) is 6.75. The van der Waals surface area contributed by atoms with Crippen molar-refractivity contribution in [2.24, 2.45) is 5.41 Å². The molecule has 5 rings (SSSR count). The predicted octanol–water partition coefficient (Wildman–Crippen LogP) is 6.07. The van der Waals surface area contributed by atoms with Gasteiger partial charge in [0.25, 0.3) is 0 Å². The van der Waals surface area contributed by atoms with Gasteiger partial charge in [-0.2, -0.15) is 0 Å². The van der Waals surface area contributed by atoms with Crippen LogP contribution in [-0.2, 0) is 6.54 Å². The summed E-state index contributed by atoms with van der Waals surface area (Å²) in [6.07, 6.45) is 8.19. The Morgan fingerprint density at radius 1 is 1.06 bits per heavy atom. The van der Waals surface area contributed by atoms with Gasteiger partial charge in [0.05, 0.1) is 19.3 Å². The summed E-state index contributed by atoms with van der Waals surface area (Å²) in [4.78, 5) is 6.62. The van der Waals surface area contributed by atoms with Gasteiger partial charge < -0.3 is 14.6 Å². The van der Waals surface area contributed by atoms with E-state index in [0.29, 0.717) is 0 Å². The minimum absolute atomic E-state index is 0.192. The number of aromatic nitrogens is 1.